The van der Waals surface area contributed by atoms with Crippen molar-refractivity contribution in [2.45, 2.75) is 19.8 Å². The Hall–Kier alpha value is -0.610. The van der Waals surface area contributed by atoms with Gasteiger partial charge >= 0.3 is 0 Å². The van der Waals surface area contributed by atoms with Gasteiger partial charge in [-0.25, -0.2) is 4.98 Å². The summed E-state index contributed by atoms with van der Waals surface area (Å²) in [5.41, 5.74) is 0.995. The van der Waals surface area contributed by atoms with E-state index in [4.69, 9.17) is 11.6 Å². The SMILES string of the molecule is CC(C)c1csc(NC(=O)CCl)n1. The number of aromatic nitrogens is 1. The zero-order chi connectivity index (χ0) is 9.84. The van der Waals surface area contributed by atoms with Gasteiger partial charge in [0.15, 0.2) is 5.13 Å². The fraction of sp³-hybridized carbons (Fsp3) is 0.500. The van der Waals surface area contributed by atoms with Gasteiger partial charge in [-0.3, -0.25) is 4.79 Å². The van der Waals surface area contributed by atoms with Gasteiger partial charge in [-0.2, -0.15) is 0 Å². The summed E-state index contributed by atoms with van der Waals surface area (Å²) in [4.78, 5) is 15.1. The standard InChI is InChI=1S/C8H11ClN2OS/c1-5(2)6-4-13-8(10-6)11-7(12)3-9/h4-5H,3H2,1-2H3,(H,10,11,12). The predicted octanol–water partition coefficient (Wildman–Crippen LogP) is 2.44. The molecule has 72 valence electrons. The zero-order valence-electron chi connectivity index (χ0n) is 7.50. The fourth-order valence-corrected chi connectivity index (χ4v) is 1.72. The highest BCUT2D eigenvalue weighted by Crippen LogP contribution is 2.21. The van der Waals surface area contributed by atoms with Crippen molar-refractivity contribution in [3.05, 3.63) is 11.1 Å². The highest BCUT2D eigenvalue weighted by Gasteiger charge is 2.07. The first-order valence-electron chi connectivity index (χ1n) is 3.94. The van der Waals surface area contributed by atoms with Crippen molar-refractivity contribution in [3.63, 3.8) is 0 Å². The molecule has 0 aliphatic carbocycles. The lowest BCUT2D eigenvalue weighted by Crippen LogP contribution is -2.12. The number of halogens is 1. The monoisotopic (exact) mass is 218 g/mol. The van der Waals surface area contributed by atoms with Crippen LogP contribution in [0.4, 0.5) is 5.13 Å². The molecule has 13 heavy (non-hydrogen) atoms. The van der Waals surface area contributed by atoms with Crippen molar-refractivity contribution >= 4 is 34.0 Å². The molecule has 0 fully saturated rings. The van der Waals surface area contributed by atoms with Gasteiger partial charge in [0, 0.05) is 5.38 Å². The lowest BCUT2D eigenvalue weighted by Gasteiger charge is -1.98. The minimum absolute atomic E-state index is 0.0312. The highest BCUT2D eigenvalue weighted by molar-refractivity contribution is 7.13. The van der Waals surface area contributed by atoms with E-state index in [0.29, 0.717) is 11.0 Å². The topological polar surface area (TPSA) is 42.0 Å². The summed E-state index contributed by atoms with van der Waals surface area (Å²) in [6, 6.07) is 0. The molecule has 0 spiro atoms. The van der Waals surface area contributed by atoms with E-state index in [9.17, 15) is 4.79 Å². The van der Waals surface area contributed by atoms with Crippen molar-refractivity contribution in [1.82, 2.24) is 4.98 Å². The van der Waals surface area contributed by atoms with Gasteiger partial charge in [0.2, 0.25) is 5.91 Å². The molecule has 0 saturated carbocycles. The van der Waals surface area contributed by atoms with Crippen molar-refractivity contribution in [1.29, 1.82) is 0 Å². The molecule has 3 nitrogen and oxygen atoms in total. The maximum absolute atomic E-state index is 10.9. The number of anilines is 1. The summed E-state index contributed by atoms with van der Waals surface area (Å²) in [5.74, 6) is 0.139. The van der Waals surface area contributed by atoms with Crippen molar-refractivity contribution in [2.24, 2.45) is 0 Å². The number of nitrogens with one attached hydrogen (secondary N) is 1. The Labute approximate surface area is 86.1 Å². The molecule has 1 rings (SSSR count). The second kappa shape index (κ2) is 4.58. The van der Waals surface area contributed by atoms with E-state index >= 15 is 0 Å². The smallest absolute Gasteiger partial charge is 0.241 e. The van der Waals surface area contributed by atoms with Crippen LogP contribution in [0.1, 0.15) is 25.5 Å². The average molecular weight is 219 g/mol. The number of rotatable bonds is 3. The van der Waals surface area contributed by atoms with Gasteiger partial charge in [0.25, 0.3) is 0 Å². The van der Waals surface area contributed by atoms with Gasteiger partial charge in [-0.15, -0.1) is 22.9 Å². The molecule has 1 N–H and O–H groups in total. The minimum Gasteiger partial charge on any atom is -0.301 e. The van der Waals surface area contributed by atoms with E-state index in [1.165, 1.54) is 11.3 Å². The van der Waals surface area contributed by atoms with E-state index in [-0.39, 0.29) is 11.8 Å². The Morgan fingerprint density at radius 2 is 2.46 bits per heavy atom. The number of carbonyl (C=O) groups excluding carboxylic acids is 1. The van der Waals surface area contributed by atoms with Crippen LogP contribution in [0.3, 0.4) is 0 Å². The predicted molar refractivity (Wildman–Crippen MR) is 55.6 cm³/mol. The van der Waals surface area contributed by atoms with Crippen LogP contribution in [0.15, 0.2) is 5.38 Å². The number of carbonyl (C=O) groups is 1. The number of nitrogens with zero attached hydrogens (tertiary/aromatic N) is 1. The highest BCUT2D eigenvalue weighted by atomic mass is 35.5. The first kappa shape index (κ1) is 10.5. The third kappa shape index (κ3) is 2.97. The number of hydrogen-bond acceptors (Lipinski definition) is 3. The normalized spacial score (nSPS) is 10.5. The molecule has 1 heterocycles. The Balaban J connectivity index is 2.64. The van der Waals surface area contributed by atoms with E-state index in [1.807, 2.05) is 5.38 Å². The summed E-state index contributed by atoms with van der Waals surface area (Å²) in [6.07, 6.45) is 0. The van der Waals surface area contributed by atoms with Gasteiger partial charge in [0.05, 0.1) is 5.69 Å². The molecular weight excluding hydrogens is 208 g/mol. The second-order valence-corrected chi connectivity index (χ2v) is 4.04. The van der Waals surface area contributed by atoms with E-state index in [1.54, 1.807) is 0 Å². The lowest BCUT2D eigenvalue weighted by atomic mass is 10.2. The fourth-order valence-electron chi connectivity index (χ4n) is 0.761. The molecule has 0 aliphatic rings. The van der Waals surface area contributed by atoms with Crippen LogP contribution in [-0.2, 0) is 4.79 Å². The third-order valence-corrected chi connectivity index (χ3v) is 2.50. The molecule has 0 bridgehead atoms. The van der Waals surface area contributed by atoms with Gasteiger partial charge in [0.1, 0.15) is 5.88 Å². The number of amides is 1. The Kier molecular flexibility index (Phi) is 3.69. The quantitative estimate of drug-likeness (QED) is 0.792. The van der Waals surface area contributed by atoms with Crippen molar-refractivity contribution in [2.75, 3.05) is 11.2 Å². The van der Waals surface area contributed by atoms with Gasteiger partial charge < -0.3 is 5.32 Å². The van der Waals surface area contributed by atoms with Crippen LogP contribution >= 0.6 is 22.9 Å². The average Bonchev–Trinajstić information content (AvgIpc) is 2.52. The van der Waals surface area contributed by atoms with Crippen LogP contribution in [-0.4, -0.2) is 16.8 Å². The van der Waals surface area contributed by atoms with Crippen LogP contribution < -0.4 is 5.32 Å². The summed E-state index contributed by atoms with van der Waals surface area (Å²) in [6.45, 7) is 4.12. The largest absolute Gasteiger partial charge is 0.301 e. The second-order valence-electron chi connectivity index (χ2n) is 2.91. The molecule has 0 aliphatic heterocycles. The van der Waals surface area contributed by atoms with E-state index in [2.05, 4.69) is 24.1 Å². The molecule has 0 atom stereocenters. The van der Waals surface area contributed by atoms with E-state index in [0.717, 1.165) is 5.69 Å². The van der Waals surface area contributed by atoms with Crippen LogP contribution in [0.25, 0.3) is 0 Å². The van der Waals surface area contributed by atoms with Crippen LogP contribution in [0.2, 0.25) is 0 Å². The van der Waals surface area contributed by atoms with Crippen molar-refractivity contribution < 1.29 is 4.79 Å². The molecule has 1 aromatic heterocycles. The minimum atomic E-state index is -0.216. The maximum atomic E-state index is 10.9. The number of alkyl halides is 1. The van der Waals surface area contributed by atoms with Gasteiger partial charge in [-0.05, 0) is 5.92 Å². The zero-order valence-corrected chi connectivity index (χ0v) is 9.08. The first-order valence-corrected chi connectivity index (χ1v) is 5.36. The molecule has 0 radical (unpaired) electrons. The molecule has 0 saturated heterocycles. The molecule has 0 unspecified atom stereocenters. The molecular formula is C8H11ClN2OS. The third-order valence-electron chi connectivity index (χ3n) is 1.48. The van der Waals surface area contributed by atoms with Crippen LogP contribution in [0.5, 0.6) is 0 Å². The Morgan fingerprint density at radius 1 is 1.77 bits per heavy atom. The summed E-state index contributed by atoms with van der Waals surface area (Å²) < 4.78 is 0. The molecule has 0 aromatic carbocycles. The molecule has 1 amide bonds. The van der Waals surface area contributed by atoms with E-state index < -0.39 is 0 Å². The number of thiazole rings is 1. The summed E-state index contributed by atoms with van der Waals surface area (Å²) in [7, 11) is 0. The Morgan fingerprint density at radius 3 is 2.92 bits per heavy atom. The summed E-state index contributed by atoms with van der Waals surface area (Å²) in [5, 5.41) is 5.16. The summed E-state index contributed by atoms with van der Waals surface area (Å²) >= 11 is 6.76. The Bertz CT molecular complexity index is 298. The molecule has 1 aromatic rings. The maximum Gasteiger partial charge on any atom is 0.241 e. The first-order chi connectivity index (χ1) is 6.13. The molecule has 5 heteroatoms. The van der Waals surface area contributed by atoms with Crippen LogP contribution in [0, 0.1) is 0 Å². The number of hydrogen-bond donors (Lipinski definition) is 1. The lowest BCUT2D eigenvalue weighted by molar-refractivity contribution is -0.113. The van der Waals surface area contributed by atoms with Crippen molar-refractivity contribution in [3.8, 4) is 0 Å². The van der Waals surface area contributed by atoms with Gasteiger partial charge in [-0.1, -0.05) is 13.8 Å².